The van der Waals surface area contributed by atoms with Crippen LogP contribution in [0.1, 0.15) is 26.2 Å². The predicted molar refractivity (Wildman–Crippen MR) is 109 cm³/mol. The second kappa shape index (κ2) is 9.81. The summed E-state index contributed by atoms with van der Waals surface area (Å²) in [5.74, 6) is -1.91. The van der Waals surface area contributed by atoms with Gasteiger partial charge in [-0.2, -0.15) is 0 Å². The topological polar surface area (TPSA) is 18.5 Å². The van der Waals surface area contributed by atoms with Crippen LogP contribution < -0.4 is 9.47 Å². The fourth-order valence-electron chi connectivity index (χ4n) is 3.10. The quantitative estimate of drug-likeness (QED) is 0.265. The Bertz CT molecular complexity index is 996. The molecule has 0 bridgehead atoms. The summed E-state index contributed by atoms with van der Waals surface area (Å²) in [5.41, 5.74) is 0.734. The molecular formula is C24H21F5O2. The highest BCUT2D eigenvalue weighted by atomic mass is 19.4. The molecule has 164 valence electrons. The van der Waals surface area contributed by atoms with Crippen LogP contribution in [-0.2, 0) is 0 Å². The lowest BCUT2D eigenvalue weighted by atomic mass is 9.98. The molecule has 3 rings (SSSR count). The molecule has 0 aliphatic rings. The van der Waals surface area contributed by atoms with Gasteiger partial charge in [0.1, 0.15) is 11.5 Å². The summed E-state index contributed by atoms with van der Waals surface area (Å²) in [7, 11) is 0. The molecule has 3 aromatic rings. The first kappa shape index (κ1) is 22.6. The monoisotopic (exact) mass is 436 g/mol. The molecule has 0 fully saturated rings. The molecule has 0 spiro atoms. The number of halogens is 5. The van der Waals surface area contributed by atoms with E-state index in [1.807, 2.05) is 0 Å². The average molecular weight is 436 g/mol. The van der Waals surface area contributed by atoms with Crippen LogP contribution in [0.15, 0.2) is 60.7 Å². The normalized spacial score (nSPS) is 11.4. The Morgan fingerprint density at radius 1 is 0.677 bits per heavy atom. The van der Waals surface area contributed by atoms with Gasteiger partial charge in [-0.25, -0.2) is 8.78 Å². The van der Waals surface area contributed by atoms with Crippen LogP contribution >= 0.6 is 0 Å². The maximum Gasteiger partial charge on any atom is 0.573 e. The van der Waals surface area contributed by atoms with Crippen LogP contribution in [0.4, 0.5) is 22.0 Å². The first-order valence-electron chi connectivity index (χ1n) is 9.86. The fraction of sp³-hybridized carbons (Fsp3) is 0.250. The summed E-state index contributed by atoms with van der Waals surface area (Å²) in [6.45, 7) is 2.70. The Balaban J connectivity index is 1.77. The van der Waals surface area contributed by atoms with Crippen molar-refractivity contribution >= 4 is 0 Å². The van der Waals surface area contributed by atoms with Gasteiger partial charge in [-0.05, 0) is 41.8 Å². The lowest BCUT2D eigenvalue weighted by Gasteiger charge is -2.12. The summed E-state index contributed by atoms with van der Waals surface area (Å²) < 4.78 is 75.7. The summed E-state index contributed by atoms with van der Waals surface area (Å²) >= 11 is 0. The van der Waals surface area contributed by atoms with Crippen LogP contribution in [0.3, 0.4) is 0 Å². The molecule has 31 heavy (non-hydrogen) atoms. The first-order valence-corrected chi connectivity index (χ1v) is 9.86. The molecule has 7 heteroatoms. The molecule has 2 nitrogen and oxygen atoms in total. The standard InChI is InChI=1S/C24H21F5O2/c1-2-3-4-15-30-18-9-5-16(6-10-18)20-13-14-21(23(26)22(20)25)17-7-11-19(12-8-17)31-24(27,28)29/h5-14H,2-4,15H2,1H3. The minimum Gasteiger partial charge on any atom is -0.494 e. The molecule has 0 saturated heterocycles. The van der Waals surface area contributed by atoms with E-state index in [0.717, 1.165) is 31.4 Å². The third-order valence-electron chi connectivity index (χ3n) is 4.66. The van der Waals surface area contributed by atoms with Gasteiger partial charge in [0.25, 0.3) is 0 Å². The van der Waals surface area contributed by atoms with Gasteiger partial charge >= 0.3 is 6.36 Å². The van der Waals surface area contributed by atoms with Gasteiger partial charge in [-0.1, -0.05) is 56.2 Å². The van der Waals surface area contributed by atoms with E-state index in [0.29, 0.717) is 17.9 Å². The number of rotatable bonds is 8. The second-order valence-electron chi connectivity index (χ2n) is 6.94. The fourth-order valence-corrected chi connectivity index (χ4v) is 3.10. The van der Waals surface area contributed by atoms with Gasteiger partial charge < -0.3 is 9.47 Å². The van der Waals surface area contributed by atoms with Gasteiger partial charge in [-0.3, -0.25) is 0 Å². The lowest BCUT2D eigenvalue weighted by Crippen LogP contribution is -2.16. The van der Waals surface area contributed by atoms with E-state index in [1.165, 1.54) is 24.3 Å². The van der Waals surface area contributed by atoms with Gasteiger partial charge in [0, 0.05) is 11.1 Å². The number of hydrogen-bond donors (Lipinski definition) is 0. The second-order valence-corrected chi connectivity index (χ2v) is 6.94. The van der Waals surface area contributed by atoms with Crippen molar-refractivity contribution in [3.05, 3.63) is 72.3 Å². The highest BCUT2D eigenvalue weighted by Gasteiger charge is 2.31. The Kier molecular flexibility index (Phi) is 7.15. The highest BCUT2D eigenvalue weighted by Crippen LogP contribution is 2.33. The summed E-state index contributed by atoms with van der Waals surface area (Å²) in [4.78, 5) is 0. The number of benzene rings is 3. The van der Waals surface area contributed by atoms with E-state index in [2.05, 4.69) is 11.7 Å². The van der Waals surface area contributed by atoms with Gasteiger partial charge in [0.2, 0.25) is 0 Å². The van der Waals surface area contributed by atoms with E-state index in [4.69, 9.17) is 4.74 Å². The van der Waals surface area contributed by atoms with E-state index >= 15 is 0 Å². The number of hydrogen-bond acceptors (Lipinski definition) is 2. The van der Waals surface area contributed by atoms with Crippen molar-refractivity contribution in [2.24, 2.45) is 0 Å². The van der Waals surface area contributed by atoms with Crippen molar-refractivity contribution in [1.82, 2.24) is 0 Å². The molecular weight excluding hydrogens is 415 g/mol. The van der Waals surface area contributed by atoms with Gasteiger partial charge in [0.15, 0.2) is 11.6 Å². The molecule has 0 unspecified atom stereocenters. The van der Waals surface area contributed by atoms with Crippen molar-refractivity contribution in [3.63, 3.8) is 0 Å². The lowest BCUT2D eigenvalue weighted by molar-refractivity contribution is -0.274. The zero-order valence-corrected chi connectivity index (χ0v) is 16.8. The minimum absolute atomic E-state index is 0.0595. The van der Waals surface area contributed by atoms with Crippen molar-refractivity contribution in [2.45, 2.75) is 32.5 Å². The van der Waals surface area contributed by atoms with Crippen molar-refractivity contribution in [1.29, 1.82) is 0 Å². The summed E-state index contributed by atoms with van der Waals surface area (Å²) in [6.07, 6.45) is -1.71. The minimum atomic E-state index is -4.82. The van der Waals surface area contributed by atoms with E-state index in [-0.39, 0.29) is 16.7 Å². The molecule has 0 aliphatic heterocycles. The van der Waals surface area contributed by atoms with E-state index in [1.54, 1.807) is 24.3 Å². The van der Waals surface area contributed by atoms with Crippen LogP contribution in [-0.4, -0.2) is 13.0 Å². The summed E-state index contributed by atoms with van der Waals surface area (Å²) in [5, 5.41) is 0. The predicted octanol–water partition coefficient (Wildman–Crippen LogP) is 7.77. The van der Waals surface area contributed by atoms with Gasteiger partial charge in [-0.15, -0.1) is 13.2 Å². The maximum atomic E-state index is 14.7. The van der Waals surface area contributed by atoms with Gasteiger partial charge in [0.05, 0.1) is 6.61 Å². The van der Waals surface area contributed by atoms with E-state index < -0.39 is 23.7 Å². The first-order chi connectivity index (χ1) is 14.8. The molecule has 0 atom stereocenters. The highest BCUT2D eigenvalue weighted by molar-refractivity contribution is 5.72. The van der Waals surface area contributed by atoms with Crippen molar-refractivity contribution in [3.8, 4) is 33.8 Å². The molecule has 0 radical (unpaired) electrons. The Hall–Kier alpha value is -3.09. The van der Waals surface area contributed by atoms with Crippen molar-refractivity contribution < 1.29 is 31.4 Å². The zero-order valence-electron chi connectivity index (χ0n) is 16.8. The smallest absolute Gasteiger partial charge is 0.494 e. The molecule has 0 saturated carbocycles. The molecule has 0 heterocycles. The Morgan fingerprint density at radius 2 is 1.16 bits per heavy atom. The van der Waals surface area contributed by atoms with Crippen LogP contribution in [0.5, 0.6) is 11.5 Å². The van der Waals surface area contributed by atoms with Crippen LogP contribution in [0.2, 0.25) is 0 Å². The Labute approximate surface area is 177 Å². The maximum absolute atomic E-state index is 14.7. The molecule has 0 aromatic heterocycles. The molecule has 0 amide bonds. The summed E-state index contributed by atoms with van der Waals surface area (Å²) in [6, 6.07) is 14.1. The van der Waals surface area contributed by atoms with Crippen LogP contribution in [0, 0.1) is 11.6 Å². The number of alkyl halides is 3. The molecule has 0 aliphatic carbocycles. The molecule has 3 aromatic carbocycles. The third kappa shape index (κ3) is 5.96. The molecule has 0 N–H and O–H groups in total. The van der Waals surface area contributed by atoms with E-state index in [9.17, 15) is 22.0 Å². The van der Waals surface area contributed by atoms with Crippen LogP contribution in [0.25, 0.3) is 22.3 Å². The number of ether oxygens (including phenoxy) is 2. The number of unbranched alkanes of at least 4 members (excludes halogenated alkanes) is 2. The SMILES string of the molecule is CCCCCOc1ccc(-c2ccc(-c3ccc(OC(F)(F)F)cc3)c(F)c2F)cc1. The van der Waals surface area contributed by atoms with Crippen molar-refractivity contribution in [2.75, 3.05) is 6.61 Å². The largest absolute Gasteiger partial charge is 0.573 e. The third-order valence-corrected chi connectivity index (χ3v) is 4.66. The zero-order chi connectivity index (χ0) is 22.4. The Morgan fingerprint density at radius 3 is 1.61 bits per heavy atom. The average Bonchev–Trinajstić information content (AvgIpc) is 2.73.